The van der Waals surface area contributed by atoms with Crippen LogP contribution in [0.5, 0.6) is 0 Å². The first-order valence-electron chi connectivity index (χ1n) is 11.2. The zero-order chi connectivity index (χ0) is 20.8. The van der Waals surface area contributed by atoms with Gasteiger partial charge in [-0.25, -0.2) is 0 Å². The van der Waals surface area contributed by atoms with Crippen LogP contribution in [-0.4, -0.2) is 0 Å². The third kappa shape index (κ3) is 1.89. The highest BCUT2D eigenvalue weighted by Gasteiger charge is 2.26. The van der Waals surface area contributed by atoms with Crippen LogP contribution in [0.1, 0.15) is 0 Å². The molecule has 146 valence electrons. The Labute approximate surface area is 186 Å². The van der Waals surface area contributed by atoms with Crippen molar-refractivity contribution >= 4 is 21.5 Å². The van der Waals surface area contributed by atoms with Gasteiger partial charge in [-0.3, -0.25) is 0 Å². The van der Waals surface area contributed by atoms with Gasteiger partial charge in [0.15, 0.2) is 0 Å². The second-order valence-corrected chi connectivity index (χ2v) is 8.87. The monoisotopic (exact) mass is 402 g/mol. The average molecular weight is 402 g/mol. The van der Waals surface area contributed by atoms with Gasteiger partial charge >= 0.3 is 0 Å². The molecule has 0 nitrogen and oxygen atoms in total. The summed E-state index contributed by atoms with van der Waals surface area (Å²) in [5.74, 6) is 0. The molecule has 0 fully saturated rings. The molecule has 0 saturated carbocycles. The van der Waals surface area contributed by atoms with Crippen LogP contribution in [0.2, 0.25) is 0 Å². The molecule has 0 saturated heterocycles. The Morgan fingerprint density at radius 3 is 1.59 bits per heavy atom. The fourth-order valence-corrected chi connectivity index (χ4v) is 6.09. The molecule has 0 heteroatoms. The Balaban J connectivity index is 1.51. The van der Waals surface area contributed by atoms with Crippen molar-refractivity contribution in [3.8, 4) is 55.6 Å². The van der Waals surface area contributed by atoms with Crippen molar-refractivity contribution < 1.29 is 0 Å². The van der Waals surface area contributed by atoms with Gasteiger partial charge < -0.3 is 0 Å². The van der Waals surface area contributed by atoms with Gasteiger partial charge in [-0.05, 0) is 77.2 Å². The first kappa shape index (κ1) is 16.5. The van der Waals surface area contributed by atoms with Crippen molar-refractivity contribution in [3.05, 3.63) is 109 Å². The lowest BCUT2D eigenvalue weighted by molar-refractivity contribution is 1.67. The van der Waals surface area contributed by atoms with Gasteiger partial charge in [-0.1, -0.05) is 109 Å². The van der Waals surface area contributed by atoms with Crippen molar-refractivity contribution in [2.45, 2.75) is 0 Å². The topological polar surface area (TPSA) is 0 Å². The highest BCUT2D eigenvalue weighted by Crippen LogP contribution is 2.54. The SMILES string of the molecule is c1ccc2c(c1)-c1cccc3ccc(-c4ccc5c6c(cccc46)-c4ccccc4-5)c-2c13. The van der Waals surface area contributed by atoms with E-state index in [1.807, 2.05) is 0 Å². The summed E-state index contributed by atoms with van der Waals surface area (Å²) in [6.45, 7) is 0. The second kappa shape index (κ2) is 5.75. The van der Waals surface area contributed by atoms with Gasteiger partial charge in [-0.15, -0.1) is 0 Å². The Morgan fingerprint density at radius 2 is 0.812 bits per heavy atom. The summed E-state index contributed by atoms with van der Waals surface area (Å²) in [6, 6.07) is 40.4. The average Bonchev–Trinajstić information content (AvgIpc) is 3.37. The molecule has 2 aliphatic rings. The van der Waals surface area contributed by atoms with Crippen molar-refractivity contribution in [1.82, 2.24) is 0 Å². The lowest BCUT2D eigenvalue weighted by Crippen LogP contribution is -1.87. The molecule has 0 spiro atoms. The van der Waals surface area contributed by atoms with E-state index in [0.29, 0.717) is 0 Å². The second-order valence-electron chi connectivity index (χ2n) is 8.87. The zero-order valence-electron chi connectivity index (χ0n) is 17.4. The minimum Gasteiger partial charge on any atom is -0.0616 e. The highest BCUT2D eigenvalue weighted by molar-refractivity contribution is 6.23. The maximum Gasteiger partial charge on any atom is -0.00141 e. The standard InChI is InChI=1S/C32H18/c1-2-9-21-20(8-1)25-13-6-14-26-23(17-18-28(21)31(25)26)29-16-15-19-7-5-12-24-22-10-3-4-11-27(22)32(29)30(19)24/h1-18H. The number of benzene rings is 6. The summed E-state index contributed by atoms with van der Waals surface area (Å²) in [5.41, 5.74) is 13.5. The number of hydrogen-bond acceptors (Lipinski definition) is 0. The summed E-state index contributed by atoms with van der Waals surface area (Å²) in [6.07, 6.45) is 0. The molecule has 0 unspecified atom stereocenters. The zero-order valence-corrected chi connectivity index (χ0v) is 17.4. The van der Waals surface area contributed by atoms with Gasteiger partial charge in [-0.2, -0.15) is 0 Å². The van der Waals surface area contributed by atoms with Gasteiger partial charge in [0.2, 0.25) is 0 Å². The minimum absolute atomic E-state index is 1.32. The van der Waals surface area contributed by atoms with Crippen LogP contribution in [-0.2, 0) is 0 Å². The predicted octanol–water partition coefficient (Wildman–Crippen LogP) is 8.95. The van der Waals surface area contributed by atoms with Crippen LogP contribution >= 0.6 is 0 Å². The summed E-state index contributed by atoms with van der Waals surface area (Å²) in [4.78, 5) is 0. The molecule has 8 rings (SSSR count). The van der Waals surface area contributed by atoms with Crippen LogP contribution in [0.25, 0.3) is 77.2 Å². The van der Waals surface area contributed by atoms with E-state index in [-0.39, 0.29) is 0 Å². The van der Waals surface area contributed by atoms with Crippen molar-refractivity contribution in [1.29, 1.82) is 0 Å². The van der Waals surface area contributed by atoms with Crippen LogP contribution in [0.4, 0.5) is 0 Å². The molecule has 0 heterocycles. The van der Waals surface area contributed by atoms with Gasteiger partial charge in [0, 0.05) is 0 Å². The minimum atomic E-state index is 1.32. The van der Waals surface area contributed by atoms with Gasteiger partial charge in [0.05, 0.1) is 0 Å². The summed E-state index contributed by atoms with van der Waals surface area (Å²) >= 11 is 0. The maximum atomic E-state index is 2.34. The van der Waals surface area contributed by atoms with Crippen LogP contribution in [0.3, 0.4) is 0 Å². The first-order chi connectivity index (χ1) is 15.9. The molecular formula is C32H18. The van der Waals surface area contributed by atoms with Crippen LogP contribution in [0.15, 0.2) is 109 Å². The fraction of sp³-hybridized carbons (Fsp3) is 0. The molecule has 6 aromatic carbocycles. The summed E-state index contributed by atoms with van der Waals surface area (Å²) in [7, 11) is 0. The van der Waals surface area contributed by atoms with Gasteiger partial charge in [0.1, 0.15) is 0 Å². The van der Waals surface area contributed by atoms with E-state index in [1.165, 1.54) is 77.2 Å². The van der Waals surface area contributed by atoms with E-state index in [1.54, 1.807) is 0 Å². The van der Waals surface area contributed by atoms with E-state index in [4.69, 9.17) is 0 Å². The Kier molecular flexibility index (Phi) is 2.97. The number of rotatable bonds is 1. The lowest BCUT2D eigenvalue weighted by atomic mass is 9.89. The normalized spacial score (nSPS) is 12.4. The summed E-state index contributed by atoms with van der Waals surface area (Å²) in [5, 5.41) is 5.43. The van der Waals surface area contributed by atoms with E-state index >= 15 is 0 Å². The third-order valence-corrected chi connectivity index (χ3v) is 7.37. The molecule has 32 heavy (non-hydrogen) atoms. The van der Waals surface area contributed by atoms with Crippen LogP contribution in [0, 0.1) is 0 Å². The first-order valence-corrected chi connectivity index (χ1v) is 11.2. The van der Waals surface area contributed by atoms with E-state index in [0.717, 1.165) is 0 Å². The van der Waals surface area contributed by atoms with Crippen LogP contribution < -0.4 is 0 Å². The van der Waals surface area contributed by atoms with E-state index in [2.05, 4.69) is 109 Å². The van der Waals surface area contributed by atoms with Crippen molar-refractivity contribution in [3.63, 3.8) is 0 Å². The molecule has 0 atom stereocenters. The Hall–Kier alpha value is -4.16. The summed E-state index contributed by atoms with van der Waals surface area (Å²) < 4.78 is 0. The molecule has 2 aliphatic carbocycles. The molecule has 0 aliphatic heterocycles. The smallest absolute Gasteiger partial charge is 0.00141 e. The molecule has 0 amide bonds. The van der Waals surface area contributed by atoms with Crippen molar-refractivity contribution in [2.75, 3.05) is 0 Å². The van der Waals surface area contributed by atoms with Gasteiger partial charge in [0.25, 0.3) is 0 Å². The van der Waals surface area contributed by atoms with E-state index < -0.39 is 0 Å². The number of hydrogen-bond donors (Lipinski definition) is 0. The molecule has 0 radical (unpaired) electrons. The molecule has 0 N–H and O–H groups in total. The Bertz CT molecular complexity index is 1740. The predicted molar refractivity (Wildman–Crippen MR) is 136 cm³/mol. The van der Waals surface area contributed by atoms with E-state index in [9.17, 15) is 0 Å². The Morgan fingerprint density at radius 1 is 0.281 bits per heavy atom. The molecular weight excluding hydrogens is 384 g/mol. The largest absolute Gasteiger partial charge is 0.0616 e. The molecule has 0 aromatic heterocycles. The highest BCUT2D eigenvalue weighted by atomic mass is 14.3. The maximum absolute atomic E-state index is 2.34. The molecule has 6 aromatic rings. The molecule has 0 bridgehead atoms. The third-order valence-electron chi connectivity index (χ3n) is 7.37. The van der Waals surface area contributed by atoms with Crippen molar-refractivity contribution in [2.24, 2.45) is 0 Å². The lowest BCUT2D eigenvalue weighted by Gasteiger charge is -2.14. The fourth-order valence-electron chi connectivity index (χ4n) is 6.09. The quantitative estimate of drug-likeness (QED) is 0.257. The number of fused-ring (bicyclic) bond motifs is 6.